The van der Waals surface area contributed by atoms with Crippen LogP contribution in [-0.4, -0.2) is 57.0 Å². The first-order valence-electron chi connectivity index (χ1n) is 11.3. The Morgan fingerprint density at radius 2 is 1.82 bits per heavy atom. The number of carbonyl (C=O) groups excluding carboxylic acids is 1. The van der Waals surface area contributed by atoms with Crippen molar-refractivity contribution >= 4 is 26.7 Å². The summed E-state index contributed by atoms with van der Waals surface area (Å²) in [6.07, 6.45) is 2.65. The maximum Gasteiger partial charge on any atom is 0.243 e. The molecular weight excluding hydrogens is 454 g/mol. The number of hydrogen-bond donors (Lipinski definition) is 1. The number of aromatic nitrogens is 1. The SMILES string of the molecule is COCCOc1ccc(CNC(=O)C2CCN(S(=O)(=O)c3ccc4ccccc4c3)CC2)cn1. The Hall–Kier alpha value is -3.01. The highest BCUT2D eigenvalue weighted by Crippen LogP contribution is 2.26. The molecule has 3 aromatic rings. The van der Waals surface area contributed by atoms with Gasteiger partial charge in [0.05, 0.1) is 11.5 Å². The van der Waals surface area contributed by atoms with Crippen LogP contribution in [0.25, 0.3) is 10.8 Å². The van der Waals surface area contributed by atoms with Crippen molar-refractivity contribution in [1.29, 1.82) is 0 Å². The fourth-order valence-corrected chi connectivity index (χ4v) is 5.50. The third kappa shape index (κ3) is 5.72. The molecule has 0 aliphatic carbocycles. The van der Waals surface area contributed by atoms with Crippen molar-refractivity contribution in [2.24, 2.45) is 5.92 Å². The predicted molar refractivity (Wildman–Crippen MR) is 129 cm³/mol. The molecule has 2 aromatic carbocycles. The minimum atomic E-state index is -3.60. The first-order chi connectivity index (χ1) is 16.5. The number of nitrogens with one attached hydrogen (secondary N) is 1. The van der Waals surface area contributed by atoms with Gasteiger partial charge in [0.25, 0.3) is 0 Å². The summed E-state index contributed by atoms with van der Waals surface area (Å²) in [7, 11) is -1.99. The van der Waals surface area contributed by atoms with Crippen molar-refractivity contribution in [2.75, 3.05) is 33.4 Å². The normalized spacial score (nSPS) is 15.3. The van der Waals surface area contributed by atoms with E-state index in [0.717, 1.165) is 16.3 Å². The number of methoxy groups -OCH3 is 1. The molecule has 0 unspecified atom stereocenters. The number of nitrogens with zero attached hydrogens (tertiary/aromatic N) is 2. The van der Waals surface area contributed by atoms with Crippen LogP contribution in [-0.2, 0) is 26.1 Å². The number of piperidine rings is 1. The molecular formula is C25H29N3O5S. The van der Waals surface area contributed by atoms with Crippen molar-refractivity contribution in [3.8, 4) is 5.88 Å². The molecule has 180 valence electrons. The quantitative estimate of drug-likeness (QED) is 0.470. The Bertz CT molecular complexity index is 1220. The van der Waals surface area contributed by atoms with E-state index in [2.05, 4.69) is 10.3 Å². The molecule has 2 heterocycles. The topological polar surface area (TPSA) is 97.8 Å². The van der Waals surface area contributed by atoms with Gasteiger partial charge >= 0.3 is 0 Å². The smallest absolute Gasteiger partial charge is 0.243 e. The number of hydrogen-bond acceptors (Lipinski definition) is 6. The summed E-state index contributed by atoms with van der Waals surface area (Å²) in [6.45, 7) is 1.92. The fraction of sp³-hybridized carbons (Fsp3) is 0.360. The Morgan fingerprint density at radius 1 is 1.06 bits per heavy atom. The molecule has 9 heteroatoms. The maximum atomic E-state index is 13.1. The van der Waals surface area contributed by atoms with Crippen LogP contribution in [0.15, 0.2) is 65.7 Å². The van der Waals surface area contributed by atoms with Gasteiger partial charge in [0.15, 0.2) is 0 Å². The molecule has 4 rings (SSSR count). The highest BCUT2D eigenvalue weighted by Gasteiger charge is 2.32. The average molecular weight is 484 g/mol. The number of fused-ring (bicyclic) bond motifs is 1. The van der Waals surface area contributed by atoms with Gasteiger partial charge in [0, 0.05) is 44.9 Å². The number of amides is 1. The van der Waals surface area contributed by atoms with Crippen molar-refractivity contribution in [3.05, 3.63) is 66.4 Å². The zero-order valence-corrected chi connectivity index (χ0v) is 20.0. The highest BCUT2D eigenvalue weighted by atomic mass is 32.2. The minimum absolute atomic E-state index is 0.0665. The number of pyridine rings is 1. The van der Waals surface area contributed by atoms with Crippen LogP contribution in [0.5, 0.6) is 5.88 Å². The Kier molecular flexibility index (Phi) is 7.77. The summed E-state index contributed by atoms with van der Waals surface area (Å²) >= 11 is 0. The Balaban J connectivity index is 1.28. The number of carbonyl (C=O) groups is 1. The lowest BCUT2D eigenvalue weighted by atomic mass is 9.97. The lowest BCUT2D eigenvalue weighted by molar-refractivity contribution is -0.126. The lowest BCUT2D eigenvalue weighted by Gasteiger charge is -2.30. The standard InChI is InChI=1S/C25H29N3O5S/c1-32-14-15-33-24-9-6-19(17-26-24)18-27-25(29)21-10-12-28(13-11-21)34(30,31)23-8-7-20-4-2-3-5-22(20)16-23/h2-9,16-17,21H,10-15,18H2,1H3,(H,27,29). The van der Waals surface area contributed by atoms with Crippen LogP contribution in [0.1, 0.15) is 18.4 Å². The van der Waals surface area contributed by atoms with E-state index in [4.69, 9.17) is 9.47 Å². The Morgan fingerprint density at radius 3 is 2.53 bits per heavy atom. The van der Waals surface area contributed by atoms with Crippen molar-refractivity contribution in [3.63, 3.8) is 0 Å². The molecule has 0 radical (unpaired) electrons. The van der Waals surface area contributed by atoms with E-state index < -0.39 is 10.0 Å². The molecule has 0 saturated carbocycles. The van der Waals surface area contributed by atoms with Crippen LogP contribution in [0.2, 0.25) is 0 Å². The molecule has 1 N–H and O–H groups in total. The second kappa shape index (κ2) is 10.9. The van der Waals surface area contributed by atoms with Gasteiger partial charge in [-0.05, 0) is 41.3 Å². The van der Waals surface area contributed by atoms with E-state index in [-0.39, 0.29) is 16.7 Å². The van der Waals surface area contributed by atoms with Gasteiger partial charge in [-0.1, -0.05) is 36.4 Å². The third-order valence-corrected chi connectivity index (χ3v) is 7.88. The minimum Gasteiger partial charge on any atom is -0.475 e. The summed E-state index contributed by atoms with van der Waals surface area (Å²) < 4.78 is 38.1. The lowest BCUT2D eigenvalue weighted by Crippen LogP contribution is -2.42. The second-order valence-electron chi connectivity index (χ2n) is 8.25. The summed E-state index contributed by atoms with van der Waals surface area (Å²) in [4.78, 5) is 17.2. The van der Waals surface area contributed by atoms with Crippen LogP contribution >= 0.6 is 0 Å². The summed E-state index contributed by atoms with van der Waals surface area (Å²) in [5, 5.41) is 4.83. The fourth-order valence-electron chi connectivity index (χ4n) is 4.00. The molecule has 0 spiro atoms. The zero-order valence-electron chi connectivity index (χ0n) is 19.1. The number of rotatable bonds is 9. The van der Waals surface area contributed by atoms with Crippen LogP contribution in [0.3, 0.4) is 0 Å². The van der Waals surface area contributed by atoms with Gasteiger partial charge in [-0.15, -0.1) is 0 Å². The van der Waals surface area contributed by atoms with Crippen molar-refractivity contribution in [2.45, 2.75) is 24.3 Å². The molecule has 1 aliphatic rings. The summed E-state index contributed by atoms with van der Waals surface area (Å²) in [6, 6.07) is 16.5. The monoisotopic (exact) mass is 483 g/mol. The molecule has 1 aromatic heterocycles. The van der Waals surface area contributed by atoms with Gasteiger partial charge in [-0.2, -0.15) is 4.31 Å². The average Bonchev–Trinajstić information content (AvgIpc) is 2.88. The first kappa shape index (κ1) is 24.1. The largest absolute Gasteiger partial charge is 0.475 e. The summed E-state index contributed by atoms with van der Waals surface area (Å²) in [5.41, 5.74) is 0.865. The van der Waals surface area contributed by atoms with Crippen LogP contribution in [0, 0.1) is 5.92 Å². The maximum absolute atomic E-state index is 13.1. The Labute approximate surface area is 199 Å². The molecule has 0 atom stereocenters. The molecule has 8 nitrogen and oxygen atoms in total. The predicted octanol–water partition coefficient (Wildman–Crippen LogP) is 2.98. The molecule has 34 heavy (non-hydrogen) atoms. The molecule has 0 bridgehead atoms. The zero-order chi connectivity index (χ0) is 24.0. The van der Waals surface area contributed by atoms with E-state index in [0.29, 0.717) is 51.6 Å². The van der Waals surface area contributed by atoms with Gasteiger partial charge in [0.2, 0.25) is 21.8 Å². The van der Waals surface area contributed by atoms with E-state index in [1.54, 1.807) is 31.5 Å². The first-order valence-corrected chi connectivity index (χ1v) is 12.7. The second-order valence-corrected chi connectivity index (χ2v) is 10.2. The van der Waals surface area contributed by atoms with E-state index in [9.17, 15) is 13.2 Å². The summed E-state index contributed by atoms with van der Waals surface area (Å²) in [5.74, 6) is 0.225. The van der Waals surface area contributed by atoms with Gasteiger partial charge < -0.3 is 14.8 Å². The third-order valence-electron chi connectivity index (χ3n) is 5.99. The van der Waals surface area contributed by atoms with E-state index in [1.165, 1.54) is 4.31 Å². The van der Waals surface area contributed by atoms with Gasteiger partial charge in [-0.3, -0.25) is 4.79 Å². The van der Waals surface area contributed by atoms with Gasteiger partial charge in [0.1, 0.15) is 6.61 Å². The van der Waals surface area contributed by atoms with Crippen LogP contribution in [0.4, 0.5) is 0 Å². The molecule has 1 saturated heterocycles. The number of sulfonamides is 1. The molecule has 1 fully saturated rings. The van der Waals surface area contributed by atoms with Crippen LogP contribution < -0.4 is 10.1 Å². The van der Waals surface area contributed by atoms with Crippen molar-refractivity contribution in [1.82, 2.24) is 14.6 Å². The number of benzene rings is 2. The van der Waals surface area contributed by atoms with E-state index in [1.807, 2.05) is 36.4 Å². The number of ether oxygens (including phenoxy) is 2. The van der Waals surface area contributed by atoms with Gasteiger partial charge in [-0.25, -0.2) is 13.4 Å². The van der Waals surface area contributed by atoms with E-state index >= 15 is 0 Å². The van der Waals surface area contributed by atoms with Crippen molar-refractivity contribution < 1.29 is 22.7 Å². The molecule has 1 amide bonds. The highest BCUT2D eigenvalue weighted by molar-refractivity contribution is 7.89. The molecule has 1 aliphatic heterocycles.